The molecule has 2 aliphatic heterocycles. The number of hydrogen-bond acceptors (Lipinski definition) is 13. The summed E-state index contributed by atoms with van der Waals surface area (Å²) in [5, 5.41) is 70.5. The molecule has 0 unspecified atom stereocenters. The van der Waals surface area contributed by atoms with Crippen LogP contribution < -0.4 is 0 Å². The molecule has 13 heteroatoms. The maximum Gasteiger partial charge on any atom is 0.342 e. The molecule has 0 aromatic carbocycles. The zero-order valence-electron chi connectivity index (χ0n) is 28.5. The summed E-state index contributed by atoms with van der Waals surface area (Å²) in [6, 6.07) is 0. The van der Waals surface area contributed by atoms with Crippen molar-refractivity contribution in [3.63, 3.8) is 0 Å². The average Bonchev–Trinajstić information content (AvgIpc) is 3.31. The second-order valence-electron chi connectivity index (χ2n) is 13.2. The highest BCUT2D eigenvalue weighted by molar-refractivity contribution is 5.68. The molecule has 0 aromatic heterocycles. The summed E-state index contributed by atoms with van der Waals surface area (Å²) in [5.74, 6) is -2.88. The Kier molecular flexibility index (Phi) is 21.8. The average molecular weight is 681 g/mol. The lowest BCUT2D eigenvalue weighted by atomic mass is 9.99. The van der Waals surface area contributed by atoms with Gasteiger partial charge in [0.05, 0.1) is 6.61 Å². The first-order valence-electron chi connectivity index (χ1n) is 18.2. The van der Waals surface area contributed by atoms with E-state index in [-0.39, 0.29) is 6.42 Å². The van der Waals surface area contributed by atoms with Crippen molar-refractivity contribution in [2.45, 2.75) is 190 Å². The summed E-state index contributed by atoms with van der Waals surface area (Å²) in [6.07, 6.45) is 10.9. The lowest BCUT2D eigenvalue weighted by molar-refractivity contribution is -0.391. The van der Waals surface area contributed by atoms with Crippen molar-refractivity contribution in [3.05, 3.63) is 0 Å². The van der Waals surface area contributed by atoms with E-state index < -0.39 is 80.6 Å². The Bertz CT molecular complexity index is 804. The third-order valence-electron chi connectivity index (χ3n) is 9.26. The van der Waals surface area contributed by atoms with Crippen LogP contribution in [0.25, 0.3) is 0 Å². The Hall–Kier alpha value is -0.970. The molecule has 13 nitrogen and oxygen atoms in total. The molecule has 0 spiro atoms. The van der Waals surface area contributed by atoms with Gasteiger partial charge in [-0.25, -0.2) is 4.79 Å². The van der Waals surface area contributed by atoms with Crippen LogP contribution >= 0.6 is 0 Å². The zero-order valence-corrected chi connectivity index (χ0v) is 28.5. The molecule has 2 rings (SSSR count). The maximum absolute atomic E-state index is 12.1. The summed E-state index contributed by atoms with van der Waals surface area (Å²) in [4.78, 5) is 21.8. The first-order chi connectivity index (χ1) is 22.7. The van der Waals surface area contributed by atoms with Crippen LogP contribution in [0.3, 0.4) is 0 Å². The second kappa shape index (κ2) is 24.2. The highest BCUT2D eigenvalue weighted by Gasteiger charge is 2.58. The molecule has 2 heterocycles. The minimum atomic E-state index is -2.29. The van der Waals surface area contributed by atoms with Crippen LogP contribution in [0, 0.1) is 0 Å². The minimum Gasteiger partial charge on any atom is -0.394 e. The Labute approximate surface area is 280 Å². The predicted molar refractivity (Wildman–Crippen MR) is 172 cm³/mol. The van der Waals surface area contributed by atoms with Gasteiger partial charge in [0, 0.05) is 6.42 Å². The van der Waals surface area contributed by atoms with Crippen LogP contribution in [0.15, 0.2) is 0 Å². The van der Waals surface area contributed by atoms with Gasteiger partial charge in [0.15, 0.2) is 6.29 Å². The first-order valence-corrected chi connectivity index (χ1v) is 18.2. The molecule has 2 saturated heterocycles. The van der Waals surface area contributed by atoms with Gasteiger partial charge in [0.1, 0.15) is 55.9 Å². The fraction of sp³-hybridized carbons (Fsp3) is 0.971. The topological polar surface area (TPSA) is 205 Å². The lowest BCUT2D eigenvalue weighted by Gasteiger charge is -2.43. The smallest absolute Gasteiger partial charge is 0.342 e. The van der Waals surface area contributed by atoms with Gasteiger partial charge < -0.3 is 50.0 Å². The molecule has 9 atom stereocenters. The van der Waals surface area contributed by atoms with E-state index in [4.69, 9.17) is 24.0 Å². The number of unbranched alkanes of at least 4 members (excludes halogenated alkanes) is 18. The number of ether oxygens (including phenoxy) is 3. The number of rotatable bonds is 27. The summed E-state index contributed by atoms with van der Waals surface area (Å²) in [6.45, 7) is 0.0495. The van der Waals surface area contributed by atoms with E-state index >= 15 is 0 Å². The van der Waals surface area contributed by atoms with Crippen molar-refractivity contribution >= 4 is 5.97 Å². The molecule has 2 aliphatic rings. The molecular weight excluding hydrogens is 616 g/mol. The van der Waals surface area contributed by atoms with Gasteiger partial charge in [-0.1, -0.05) is 122 Å². The monoisotopic (exact) mass is 680 g/mol. The number of carbonyl (C=O) groups excluding carboxylic acids is 1. The van der Waals surface area contributed by atoms with Crippen LogP contribution in [0.2, 0.25) is 0 Å². The molecule has 7 N–H and O–H groups in total. The Morgan fingerprint density at radius 1 is 0.638 bits per heavy atom. The van der Waals surface area contributed by atoms with Crippen LogP contribution in [0.4, 0.5) is 0 Å². The third kappa shape index (κ3) is 14.8. The summed E-state index contributed by atoms with van der Waals surface area (Å²) >= 11 is 0. The van der Waals surface area contributed by atoms with E-state index in [2.05, 4.69) is 6.92 Å². The fourth-order valence-electron chi connectivity index (χ4n) is 6.17. The van der Waals surface area contributed by atoms with E-state index in [1.54, 1.807) is 0 Å². The van der Waals surface area contributed by atoms with Crippen molar-refractivity contribution in [1.29, 1.82) is 0 Å². The lowest BCUT2D eigenvalue weighted by Crippen LogP contribution is -2.62. The van der Waals surface area contributed by atoms with Gasteiger partial charge >= 0.3 is 5.97 Å². The number of aliphatic hydroxyl groups is 7. The molecule has 47 heavy (non-hydrogen) atoms. The molecule has 0 bridgehead atoms. The summed E-state index contributed by atoms with van der Waals surface area (Å²) < 4.78 is 16.2. The van der Waals surface area contributed by atoms with Crippen LogP contribution in [0.5, 0.6) is 0 Å². The van der Waals surface area contributed by atoms with E-state index in [1.807, 2.05) is 0 Å². The first kappa shape index (κ1) is 42.2. The minimum absolute atomic E-state index is 0.155. The van der Waals surface area contributed by atoms with E-state index in [9.17, 15) is 40.5 Å². The molecule has 2 fully saturated rings. The van der Waals surface area contributed by atoms with Crippen molar-refractivity contribution in [3.8, 4) is 0 Å². The van der Waals surface area contributed by atoms with Gasteiger partial charge in [-0.3, -0.25) is 4.89 Å². The number of aliphatic hydroxyl groups excluding tert-OH is 7. The van der Waals surface area contributed by atoms with Crippen molar-refractivity contribution in [2.75, 3.05) is 19.8 Å². The molecule has 0 amide bonds. The summed E-state index contributed by atoms with van der Waals surface area (Å²) in [7, 11) is 0. The predicted octanol–water partition coefficient (Wildman–Crippen LogP) is 2.91. The standard InChI is InChI=1S/C34H64O13/c1-2-3-4-5-6-7-8-9-10-11-12-13-14-15-16-17-18-19-20-21-27(37)47-43-23-26-28(38)30(40)31(41)33(44-26)46-34(24-36)32(42)29(39)25(22-35)45-34/h25-26,28-33,35-36,38-42H,2-24H2,1H3/t25-,26-,28-,29-,30+,31-,32+,33-,34+/m1/s1. The quantitative estimate of drug-likeness (QED) is 0.0379. The van der Waals surface area contributed by atoms with Crippen LogP contribution in [0.1, 0.15) is 135 Å². The van der Waals surface area contributed by atoms with Gasteiger partial charge in [0.2, 0.25) is 5.79 Å². The number of hydrogen-bond donors (Lipinski definition) is 7. The molecule has 0 aliphatic carbocycles. The third-order valence-corrected chi connectivity index (χ3v) is 9.26. The normalized spacial score (nSPS) is 31.0. The largest absolute Gasteiger partial charge is 0.394 e. The van der Waals surface area contributed by atoms with E-state index in [0.29, 0.717) is 6.42 Å². The Morgan fingerprint density at radius 3 is 1.57 bits per heavy atom. The van der Waals surface area contributed by atoms with Crippen molar-refractivity contribution in [2.24, 2.45) is 0 Å². The van der Waals surface area contributed by atoms with Gasteiger partial charge in [-0.05, 0) is 6.42 Å². The Morgan fingerprint density at radius 2 is 1.13 bits per heavy atom. The van der Waals surface area contributed by atoms with Gasteiger partial charge in [-0.2, -0.15) is 4.89 Å². The Balaban J connectivity index is 1.50. The fourth-order valence-corrected chi connectivity index (χ4v) is 6.17. The molecule has 0 saturated carbocycles. The SMILES string of the molecule is CCCCCCCCCCCCCCCCCCCCCC(=O)OOC[C@H]1O[C@H](O[C@]2(CO)O[C@H](CO)[C@@H](O)[C@@H]2O)[C@H](O)[C@@H](O)[C@@H]1O. The van der Waals surface area contributed by atoms with E-state index in [0.717, 1.165) is 19.3 Å². The maximum atomic E-state index is 12.1. The van der Waals surface area contributed by atoms with Gasteiger partial charge in [-0.15, -0.1) is 0 Å². The molecule has 278 valence electrons. The summed E-state index contributed by atoms with van der Waals surface area (Å²) in [5.41, 5.74) is 0. The van der Waals surface area contributed by atoms with E-state index in [1.165, 1.54) is 96.3 Å². The molecular formula is C34H64O13. The second-order valence-corrected chi connectivity index (χ2v) is 13.2. The van der Waals surface area contributed by atoms with Crippen LogP contribution in [-0.2, 0) is 28.8 Å². The van der Waals surface area contributed by atoms with Crippen LogP contribution in [-0.4, -0.2) is 116 Å². The highest BCUT2D eigenvalue weighted by Crippen LogP contribution is 2.36. The van der Waals surface area contributed by atoms with Crippen molar-refractivity contribution < 1.29 is 64.5 Å². The molecule has 0 radical (unpaired) electrons. The number of carbonyl (C=O) groups is 1. The highest BCUT2D eigenvalue weighted by atomic mass is 17.2. The molecule has 0 aromatic rings. The zero-order chi connectivity index (χ0) is 34.5. The van der Waals surface area contributed by atoms with Crippen molar-refractivity contribution in [1.82, 2.24) is 0 Å². The van der Waals surface area contributed by atoms with Gasteiger partial charge in [0.25, 0.3) is 0 Å².